The molecule has 0 aliphatic heterocycles. The fourth-order valence-electron chi connectivity index (χ4n) is 2.63. The molecule has 0 atom stereocenters. The van der Waals surface area contributed by atoms with Gasteiger partial charge in [0.15, 0.2) is 10.1 Å². The van der Waals surface area contributed by atoms with Gasteiger partial charge in [-0.15, -0.1) is 10.2 Å². The summed E-state index contributed by atoms with van der Waals surface area (Å²) in [6, 6.07) is 12.3. The van der Waals surface area contributed by atoms with E-state index in [4.69, 9.17) is 0 Å². The fourth-order valence-corrected chi connectivity index (χ4v) is 4.33. The van der Waals surface area contributed by atoms with E-state index >= 15 is 0 Å². The number of aromatic nitrogens is 3. The minimum absolute atomic E-state index is 0.139. The maximum Gasteiger partial charge on any atom is 0.174 e. The van der Waals surface area contributed by atoms with Crippen LogP contribution in [0.4, 0.5) is 0 Å². The number of hydrogen-bond donors (Lipinski definition) is 0. The SMILES string of the molecule is Cc1nnc(SCC(=O)c2cc(C)n(Cc3ccccc3)c2C)s1. The van der Waals surface area contributed by atoms with Crippen LogP contribution in [0.5, 0.6) is 0 Å². The number of carbonyl (C=O) groups is 1. The molecule has 0 aliphatic carbocycles. The van der Waals surface area contributed by atoms with E-state index in [1.54, 1.807) is 0 Å². The Morgan fingerprint density at radius 1 is 1.17 bits per heavy atom. The van der Waals surface area contributed by atoms with Crippen LogP contribution in [-0.2, 0) is 6.54 Å². The van der Waals surface area contributed by atoms with Crippen molar-refractivity contribution in [2.75, 3.05) is 5.75 Å². The van der Waals surface area contributed by atoms with Crippen LogP contribution >= 0.6 is 23.1 Å². The predicted octanol–water partition coefficient (Wildman–Crippen LogP) is 4.29. The molecule has 0 fully saturated rings. The Balaban J connectivity index is 1.74. The molecule has 2 aromatic heterocycles. The number of hydrogen-bond acceptors (Lipinski definition) is 5. The summed E-state index contributed by atoms with van der Waals surface area (Å²) < 4.78 is 3.04. The number of rotatable bonds is 6. The van der Waals surface area contributed by atoms with Crippen LogP contribution in [-0.4, -0.2) is 26.3 Å². The third kappa shape index (κ3) is 3.76. The van der Waals surface area contributed by atoms with Gasteiger partial charge in [0, 0.05) is 23.5 Å². The highest BCUT2D eigenvalue weighted by Gasteiger charge is 2.16. The quantitative estimate of drug-likeness (QED) is 0.488. The van der Waals surface area contributed by atoms with E-state index in [1.807, 2.05) is 45.0 Å². The lowest BCUT2D eigenvalue weighted by atomic mass is 10.2. The first-order valence-electron chi connectivity index (χ1n) is 7.71. The molecule has 0 saturated carbocycles. The number of thioether (sulfide) groups is 1. The van der Waals surface area contributed by atoms with Crippen LogP contribution in [0, 0.1) is 20.8 Å². The zero-order chi connectivity index (χ0) is 17.1. The summed E-state index contributed by atoms with van der Waals surface area (Å²) in [6.07, 6.45) is 0. The smallest absolute Gasteiger partial charge is 0.174 e. The van der Waals surface area contributed by atoms with Gasteiger partial charge in [0.25, 0.3) is 0 Å². The highest BCUT2D eigenvalue weighted by atomic mass is 32.2. The molecular weight excluding hydrogens is 338 g/mol. The Morgan fingerprint density at radius 3 is 2.58 bits per heavy atom. The molecule has 0 spiro atoms. The zero-order valence-corrected chi connectivity index (χ0v) is 15.6. The minimum atomic E-state index is 0.139. The first-order valence-corrected chi connectivity index (χ1v) is 9.51. The zero-order valence-electron chi connectivity index (χ0n) is 13.9. The summed E-state index contributed by atoms with van der Waals surface area (Å²) in [7, 11) is 0. The molecule has 0 aliphatic rings. The molecule has 0 unspecified atom stereocenters. The number of ketones is 1. The lowest BCUT2D eigenvalue weighted by Crippen LogP contribution is -2.07. The maximum absolute atomic E-state index is 12.6. The first kappa shape index (κ1) is 16.9. The summed E-state index contributed by atoms with van der Waals surface area (Å²) in [6.45, 7) is 6.77. The van der Waals surface area contributed by atoms with Crippen LogP contribution in [0.15, 0.2) is 40.7 Å². The van der Waals surface area contributed by atoms with Crippen molar-refractivity contribution in [2.24, 2.45) is 0 Å². The minimum Gasteiger partial charge on any atom is -0.344 e. The Bertz CT molecular complexity index is 853. The Hall–Kier alpha value is -1.92. The van der Waals surface area contributed by atoms with Gasteiger partial charge in [0.05, 0.1) is 5.75 Å². The van der Waals surface area contributed by atoms with Crippen molar-refractivity contribution < 1.29 is 4.79 Å². The maximum atomic E-state index is 12.6. The van der Waals surface area contributed by atoms with Gasteiger partial charge in [-0.2, -0.15) is 0 Å². The molecule has 3 aromatic rings. The monoisotopic (exact) mass is 357 g/mol. The van der Waals surface area contributed by atoms with Gasteiger partial charge in [0.1, 0.15) is 5.01 Å². The van der Waals surface area contributed by atoms with Gasteiger partial charge in [-0.1, -0.05) is 53.4 Å². The van der Waals surface area contributed by atoms with E-state index < -0.39 is 0 Å². The normalized spacial score (nSPS) is 11.0. The molecule has 2 heterocycles. The second-order valence-corrected chi connectivity index (χ2v) is 8.06. The van der Waals surface area contributed by atoms with E-state index in [0.29, 0.717) is 5.75 Å². The summed E-state index contributed by atoms with van der Waals surface area (Å²) >= 11 is 2.98. The van der Waals surface area contributed by atoms with Crippen molar-refractivity contribution in [3.8, 4) is 0 Å². The van der Waals surface area contributed by atoms with Crippen LogP contribution in [0.1, 0.15) is 32.3 Å². The molecule has 1 aromatic carbocycles. The molecule has 4 nitrogen and oxygen atoms in total. The molecular formula is C18H19N3OS2. The van der Waals surface area contributed by atoms with Crippen molar-refractivity contribution in [1.82, 2.24) is 14.8 Å². The summed E-state index contributed by atoms with van der Waals surface area (Å²) in [5.74, 6) is 0.532. The lowest BCUT2D eigenvalue weighted by molar-refractivity contribution is 0.102. The lowest BCUT2D eigenvalue weighted by Gasteiger charge is -2.09. The summed E-state index contributed by atoms with van der Waals surface area (Å²) in [4.78, 5) is 12.6. The van der Waals surface area contributed by atoms with Crippen molar-refractivity contribution in [3.63, 3.8) is 0 Å². The molecule has 0 bridgehead atoms. The van der Waals surface area contributed by atoms with Crippen LogP contribution in [0.2, 0.25) is 0 Å². The molecule has 0 radical (unpaired) electrons. The number of carbonyl (C=O) groups excluding carboxylic acids is 1. The molecule has 0 saturated heterocycles. The second kappa shape index (κ2) is 7.32. The van der Waals surface area contributed by atoms with E-state index in [9.17, 15) is 4.79 Å². The van der Waals surface area contributed by atoms with E-state index in [-0.39, 0.29) is 5.78 Å². The molecule has 0 N–H and O–H groups in total. The van der Waals surface area contributed by atoms with E-state index in [0.717, 1.165) is 32.8 Å². The Labute approximate surface area is 149 Å². The summed E-state index contributed by atoms with van der Waals surface area (Å²) in [5.41, 5.74) is 4.17. The van der Waals surface area contributed by atoms with Gasteiger partial charge in [-0.3, -0.25) is 4.79 Å². The van der Waals surface area contributed by atoms with Gasteiger partial charge in [0.2, 0.25) is 0 Å². The number of benzene rings is 1. The number of Topliss-reactive ketones (excluding diaryl/α,β-unsaturated/α-hetero) is 1. The fraction of sp³-hybridized carbons (Fsp3) is 0.278. The number of aryl methyl sites for hydroxylation is 2. The average Bonchev–Trinajstić information content (AvgIpc) is 3.12. The van der Waals surface area contributed by atoms with Gasteiger partial charge < -0.3 is 4.57 Å². The predicted molar refractivity (Wildman–Crippen MR) is 99.2 cm³/mol. The second-order valence-electron chi connectivity index (χ2n) is 5.66. The molecule has 3 rings (SSSR count). The highest BCUT2D eigenvalue weighted by molar-refractivity contribution is 8.01. The van der Waals surface area contributed by atoms with Gasteiger partial charge in [-0.25, -0.2) is 0 Å². The third-order valence-electron chi connectivity index (χ3n) is 3.89. The molecule has 6 heteroatoms. The highest BCUT2D eigenvalue weighted by Crippen LogP contribution is 2.24. The average molecular weight is 358 g/mol. The summed E-state index contributed by atoms with van der Waals surface area (Å²) in [5, 5.41) is 8.96. The van der Waals surface area contributed by atoms with Crippen molar-refractivity contribution in [2.45, 2.75) is 31.7 Å². The van der Waals surface area contributed by atoms with Crippen LogP contribution in [0.25, 0.3) is 0 Å². The molecule has 0 amide bonds. The van der Waals surface area contributed by atoms with Crippen molar-refractivity contribution in [1.29, 1.82) is 0 Å². The first-order chi connectivity index (χ1) is 11.5. The van der Waals surface area contributed by atoms with E-state index in [2.05, 4.69) is 26.9 Å². The van der Waals surface area contributed by atoms with E-state index in [1.165, 1.54) is 28.7 Å². The van der Waals surface area contributed by atoms with Gasteiger partial charge in [-0.05, 0) is 32.4 Å². The van der Waals surface area contributed by atoms with Crippen LogP contribution < -0.4 is 0 Å². The molecule has 24 heavy (non-hydrogen) atoms. The Kier molecular flexibility index (Phi) is 5.16. The third-order valence-corrected chi connectivity index (χ3v) is 5.86. The van der Waals surface area contributed by atoms with Crippen molar-refractivity contribution >= 4 is 28.9 Å². The van der Waals surface area contributed by atoms with Crippen molar-refractivity contribution in [3.05, 3.63) is 63.9 Å². The topological polar surface area (TPSA) is 47.8 Å². The molecule has 124 valence electrons. The Morgan fingerprint density at radius 2 is 1.92 bits per heavy atom. The number of nitrogens with zero attached hydrogens (tertiary/aromatic N) is 3. The van der Waals surface area contributed by atoms with Gasteiger partial charge >= 0.3 is 0 Å². The van der Waals surface area contributed by atoms with Crippen LogP contribution in [0.3, 0.4) is 0 Å². The largest absolute Gasteiger partial charge is 0.344 e. The standard InChI is InChI=1S/C18H19N3OS2/c1-12-9-16(17(22)11-23-18-20-19-14(3)24-18)13(2)21(12)10-15-7-5-4-6-8-15/h4-9H,10-11H2,1-3H3.